The van der Waals surface area contributed by atoms with Crippen LogP contribution in [0.4, 0.5) is 4.39 Å². The number of aromatic nitrogens is 3. The highest BCUT2D eigenvalue weighted by atomic mass is 32.2. The highest BCUT2D eigenvalue weighted by molar-refractivity contribution is 7.99. The monoisotopic (exact) mass is 422 g/mol. The number of carbonyl (C=O) groups excluding carboxylic acids is 1. The van der Waals surface area contributed by atoms with E-state index in [9.17, 15) is 14.0 Å². The van der Waals surface area contributed by atoms with Gasteiger partial charge in [0.15, 0.2) is 5.16 Å². The van der Waals surface area contributed by atoms with Crippen LogP contribution in [-0.4, -0.2) is 26.2 Å². The second kappa shape index (κ2) is 8.54. The van der Waals surface area contributed by atoms with Gasteiger partial charge in [0.05, 0.1) is 5.75 Å². The molecule has 0 saturated heterocycles. The zero-order valence-electron chi connectivity index (χ0n) is 16.2. The molecule has 2 heterocycles. The van der Waals surface area contributed by atoms with Crippen LogP contribution in [0.1, 0.15) is 5.56 Å². The average Bonchev–Trinajstić information content (AvgIpc) is 3.19. The molecule has 0 radical (unpaired) electrons. The maximum atomic E-state index is 13.0. The van der Waals surface area contributed by atoms with Crippen molar-refractivity contribution in [2.75, 3.05) is 5.75 Å². The first-order valence-electron chi connectivity index (χ1n) is 9.30. The van der Waals surface area contributed by atoms with E-state index in [-0.39, 0.29) is 23.0 Å². The van der Waals surface area contributed by atoms with E-state index in [1.807, 2.05) is 30.3 Å². The molecule has 152 valence electrons. The Morgan fingerprint density at radius 3 is 2.63 bits per heavy atom. The zero-order chi connectivity index (χ0) is 21.1. The van der Waals surface area contributed by atoms with Gasteiger partial charge in [0.25, 0.3) is 5.56 Å². The number of amides is 1. The van der Waals surface area contributed by atoms with Crippen molar-refractivity contribution in [2.24, 2.45) is 7.05 Å². The summed E-state index contributed by atoms with van der Waals surface area (Å²) in [5.74, 6) is -0.406. The minimum atomic E-state index is -0.317. The molecule has 2 aromatic carbocycles. The second-order valence-electron chi connectivity index (χ2n) is 6.74. The number of nitrogens with zero attached hydrogens (tertiary/aromatic N) is 2. The lowest BCUT2D eigenvalue weighted by atomic mass is 10.1. The number of carbonyl (C=O) groups is 1. The molecule has 2 N–H and O–H groups in total. The van der Waals surface area contributed by atoms with Crippen LogP contribution in [0, 0.1) is 5.82 Å². The summed E-state index contributed by atoms with van der Waals surface area (Å²) >= 11 is 1.19. The standard InChI is InChI=1S/C22H19FN4O2S/c1-27-21(29)20-19(17(12-25-20)15-5-3-2-4-6-15)26-22(27)30-13-18(28)24-11-14-7-9-16(23)10-8-14/h2-10,12,25H,11,13H2,1H3,(H,24,28). The van der Waals surface area contributed by atoms with E-state index in [0.717, 1.165) is 16.7 Å². The minimum absolute atomic E-state index is 0.109. The SMILES string of the molecule is Cn1c(SCC(=O)NCc2ccc(F)cc2)nc2c(-c3ccccc3)c[nH]c2c1=O. The van der Waals surface area contributed by atoms with Crippen LogP contribution in [0.5, 0.6) is 0 Å². The number of aromatic amines is 1. The Labute approximate surface area is 176 Å². The molecule has 30 heavy (non-hydrogen) atoms. The Bertz CT molecular complexity index is 1250. The number of hydrogen-bond donors (Lipinski definition) is 2. The van der Waals surface area contributed by atoms with Crippen molar-refractivity contribution in [2.45, 2.75) is 11.7 Å². The number of hydrogen-bond acceptors (Lipinski definition) is 4. The van der Waals surface area contributed by atoms with Crippen LogP contribution >= 0.6 is 11.8 Å². The van der Waals surface area contributed by atoms with Gasteiger partial charge < -0.3 is 10.3 Å². The summed E-state index contributed by atoms with van der Waals surface area (Å²) in [7, 11) is 1.64. The molecule has 2 aromatic heterocycles. The van der Waals surface area contributed by atoms with E-state index in [0.29, 0.717) is 22.7 Å². The van der Waals surface area contributed by atoms with E-state index in [4.69, 9.17) is 0 Å². The minimum Gasteiger partial charge on any atom is -0.355 e. The molecule has 1 amide bonds. The van der Waals surface area contributed by atoms with E-state index < -0.39 is 0 Å². The number of H-pyrrole nitrogens is 1. The lowest BCUT2D eigenvalue weighted by Gasteiger charge is -2.09. The highest BCUT2D eigenvalue weighted by Crippen LogP contribution is 2.27. The Morgan fingerprint density at radius 1 is 1.17 bits per heavy atom. The van der Waals surface area contributed by atoms with Gasteiger partial charge in [-0.3, -0.25) is 14.2 Å². The first-order valence-corrected chi connectivity index (χ1v) is 10.3. The largest absolute Gasteiger partial charge is 0.355 e. The molecule has 0 unspecified atom stereocenters. The first-order chi connectivity index (χ1) is 14.5. The fraction of sp³-hybridized carbons (Fsp3) is 0.136. The molecular weight excluding hydrogens is 403 g/mol. The molecule has 6 nitrogen and oxygen atoms in total. The van der Waals surface area contributed by atoms with Crippen LogP contribution in [0.3, 0.4) is 0 Å². The molecule has 0 bridgehead atoms. The maximum Gasteiger partial charge on any atom is 0.278 e. The topological polar surface area (TPSA) is 79.8 Å². The summed E-state index contributed by atoms with van der Waals surface area (Å²) < 4.78 is 14.4. The fourth-order valence-electron chi connectivity index (χ4n) is 3.07. The number of fused-ring (bicyclic) bond motifs is 1. The van der Waals surface area contributed by atoms with E-state index in [1.54, 1.807) is 25.4 Å². The van der Waals surface area contributed by atoms with Crippen molar-refractivity contribution in [3.63, 3.8) is 0 Å². The molecule has 8 heteroatoms. The highest BCUT2D eigenvalue weighted by Gasteiger charge is 2.15. The summed E-state index contributed by atoms with van der Waals surface area (Å²) in [5.41, 5.74) is 3.42. The molecule has 0 spiro atoms. The molecule has 0 fully saturated rings. The Kier molecular flexibility index (Phi) is 5.67. The van der Waals surface area contributed by atoms with Gasteiger partial charge in [-0.05, 0) is 23.3 Å². The zero-order valence-corrected chi connectivity index (χ0v) is 17.0. The Hall–Kier alpha value is -3.39. The number of rotatable bonds is 6. The molecule has 0 saturated carbocycles. The molecule has 0 aliphatic carbocycles. The van der Waals surface area contributed by atoms with Gasteiger partial charge in [-0.15, -0.1) is 0 Å². The van der Waals surface area contributed by atoms with Crippen LogP contribution < -0.4 is 10.9 Å². The van der Waals surface area contributed by atoms with Gasteiger partial charge in [-0.2, -0.15) is 0 Å². The first kappa shape index (κ1) is 19.9. The van der Waals surface area contributed by atoms with E-state index >= 15 is 0 Å². The lowest BCUT2D eigenvalue weighted by Crippen LogP contribution is -2.26. The Morgan fingerprint density at radius 2 is 1.90 bits per heavy atom. The number of nitrogens with one attached hydrogen (secondary N) is 2. The van der Waals surface area contributed by atoms with Gasteiger partial charge in [0, 0.05) is 25.4 Å². The molecule has 0 atom stereocenters. The van der Waals surface area contributed by atoms with Gasteiger partial charge in [-0.1, -0.05) is 54.2 Å². The summed E-state index contributed by atoms with van der Waals surface area (Å²) in [5, 5.41) is 3.25. The predicted octanol–water partition coefficient (Wildman–Crippen LogP) is 3.48. The van der Waals surface area contributed by atoms with Crippen molar-refractivity contribution in [3.05, 3.63) is 82.5 Å². The molecular formula is C22H19FN4O2S. The fourth-order valence-corrected chi connectivity index (χ4v) is 3.87. The number of thioether (sulfide) groups is 1. The Balaban J connectivity index is 1.51. The quantitative estimate of drug-likeness (QED) is 0.368. The predicted molar refractivity (Wildman–Crippen MR) is 116 cm³/mol. The van der Waals surface area contributed by atoms with Crippen molar-refractivity contribution < 1.29 is 9.18 Å². The smallest absolute Gasteiger partial charge is 0.278 e. The summed E-state index contributed by atoms with van der Waals surface area (Å²) in [4.78, 5) is 32.6. The summed E-state index contributed by atoms with van der Waals surface area (Å²) in [6.07, 6.45) is 1.78. The van der Waals surface area contributed by atoms with Crippen molar-refractivity contribution in [3.8, 4) is 11.1 Å². The van der Waals surface area contributed by atoms with Gasteiger partial charge in [0.1, 0.15) is 16.9 Å². The van der Waals surface area contributed by atoms with Crippen LogP contribution in [0.2, 0.25) is 0 Å². The van der Waals surface area contributed by atoms with Crippen molar-refractivity contribution in [1.29, 1.82) is 0 Å². The maximum absolute atomic E-state index is 13.0. The van der Waals surface area contributed by atoms with Gasteiger partial charge >= 0.3 is 0 Å². The average molecular weight is 422 g/mol. The third-order valence-corrected chi connectivity index (χ3v) is 5.72. The number of benzene rings is 2. The van der Waals surface area contributed by atoms with E-state index in [1.165, 1.54) is 28.5 Å². The molecule has 0 aliphatic heterocycles. The third-order valence-electron chi connectivity index (χ3n) is 4.69. The molecule has 4 aromatic rings. The van der Waals surface area contributed by atoms with E-state index in [2.05, 4.69) is 15.3 Å². The summed E-state index contributed by atoms with van der Waals surface area (Å²) in [6, 6.07) is 15.6. The van der Waals surface area contributed by atoms with Crippen LogP contribution in [0.25, 0.3) is 22.2 Å². The summed E-state index contributed by atoms with van der Waals surface area (Å²) in [6.45, 7) is 0.307. The van der Waals surface area contributed by atoms with Gasteiger partial charge in [-0.25, -0.2) is 9.37 Å². The molecule has 4 rings (SSSR count). The number of halogens is 1. The third kappa shape index (κ3) is 4.13. The normalized spacial score (nSPS) is 11.0. The van der Waals surface area contributed by atoms with Crippen LogP contribution in [-0.2, 0) is 18.4 Å². The van der Waals surface area contributed by atoms with Crippen molar-refractivity contribution in [1.82, 2.24) is 19.9 Å². The van der Waals surface area contributed by atoms with Crippen LogP contribution in [0.15, 0.2) is 70.7 Å². The second-order valence-corrected chi connectivity index (χ2v) is 7.68. The lowest BCUT2D eigenvalue weighted by molar-refractivity contribution is -0.118. The van der Waals surface area contributed by atoms with Gasteiger partial charge in [0.2, 0.25) is 5.91 Å². The molecule has 0 aliphatic rings. The van der Waals surface area contributed by atoms with Crippen molar-refractivity contribution >= 4 is 28.7 Å².